The predicted molar refractivity (Wildman–Crippen MR) is 125 cm³/mol. The van der Waals surface area contributed by atoms with E-state index >= 15 is 0 Å². The number of anilines is 1. The summed E-state index contributed by atoms with van der Waals surface area (Å²) in [5.41, 5.74) is 2.00. The Morgan fingerprint density at radius 1 is 0.909 bits per heavy atom. The van der Waals surface area contributed by atoms with Gasteiger partial charge in [-0.2, -0.15) is 0 Å². The Bertz CT molecular complexity index is 1320. The fourth-order valence-electron chi connectivity index (χ4n) is 3.94. The molecule has 9 heteroatoms. The molecule has 4 rings (SSSR count). The second-order valence-corrected chi connectivity index (χ2v) is 9.63. The topological polar surface area (TPSA) is 113 Å². The highest BCUT2D eigenvalue weighted by Gasteiger charge is 2.32. The SMILES string of the molecule is CS(=O)(=O)Nc1ccccc1CNC(=O)CCCN1C(=O)c2cccc3cccc(c23)C1=O. The number of hydrogen-bond donors (Lipinski definition) is 2. The Morgan fingerprint density at radius 2 is 1.55 bits per heavy atom. The van der Waals surface area contributed by atoms with Gasteiger partial charge >= 0.3 is 0 Å². The summed E-state index contributed by atoms with van der Waals surface area (Å²) < 4.78 is 25.5. The van der Waals surface area contributed by atoms with Crippen molar-refractivity contribution >= 4 is 44.2 Å². The number of carbonyl (C=O) groups excluding carboxylic acids is 3. The number of rotatable bonds is 8. The van der Waals surface area contributed by atoms with Crippen molar-refractivity contribution in [3.8, 4) is 0 Å². The molecule has 0 radical (unpaired) electrons. The van der Waals surface area contributed by atoms with Crippen LogP contribution in [-0.2, 0) is 21.4 Å². The lowest BCUT2D eigenvalue weighted by Gasteiger charge is -2.27. The maximum absolute atomic E-state index is 12.9. The second-order valence-electron chi connectivity index (χ2n) is 7.88. The molecule has 3 amide bonds. The van der Waals surface area contributed by atoms with Gasteiger partial charge in [0.25, 0.3) is 11.8 Å². The summed E-state index contributed by atoms with van der Waals surface area (Å²) in [5, 5.41) is 4.27. The first-order valence-electron chi connectivity index (χ1n) is 10.4. The Hall–Kier alpha value is -3.72. The van der Waals surface area contributed by atoms with E-state index in [1.807, 2.05) is 12.1 Å². The molecule has 0 spiro atoms. The van der Waals surface area contributed by atoms with Gasteiger partial charge in [-0.15, -0.1) is 0 Å². The Morgan fingerprint density at radius 3 is 2.18 bits per heavy atom. The van der Waals surface area contributed by atoms with Crippen LogP contribution in [0.1, 0.15) is 39.1 Å². The van der Waals surface area contributed by atoms with Crippen LogP contribution in [0.2, 0.25) is 0 Å². The Labute approximate surface area is 191 Å². The van der Waals surface area contributed by atoms with Crippen molar-refractivity contribution in [2.75, 3.05) is 17.5 Å². The van der Waals surface area contributed by atoms with Crippen LogP contribution in [0.3, 0.4) is 0 Å². The maximum atomic E-state index is 12.9. The van der Waals surface area contributed by atoms with Crippen LogP contribution in [0.4, 0.5) is 5.69 Å². The van der Waals surface area contributed by atoms with E-state index in [1.54, 1.807) is 48.5 Å². The smallest absolute Gasteiger partial charge is 0.261 e. The summed E-state index contributed by atoms with van der Waals surface area (Å²) in [4.78, 5) is 39.3. The van der Waals surface area contributed by atoms with Gasteiger partial charge in [0.2, 0.25) is 15.9 Å². The van der Waals surface area contributed by atoms with Crippen LogP contribution in [0.5, 0.6) is 0 Å². The molecule has 33 heavy (non-hydrogen) atoms. The molecule has 2 N–H and O–H groups in total. The summed E-state index contributed by atoms with van der Waals surface area (Å²) >= 11 is 0. The third-order valence-corrected chi connectivity index (χ3v) is 6.02. The highest BCUT2D eigenvalue weighted by molar-refractivity contribution is 7.92. The molecule has 0 aliphatic carbocycles. The fourth-order valence-corrected chi connectivity index (χ4v) is 4.54. The van der Waals surface area contributed by atoms with E-state index in [4.69, 9.17) is 0 Å². The molecule has 170 valence electrons. The number of carbonyl (C=O) groups is 3. The van der Waals surface area contributed by atoms with Crippen LogP contribution in [-0.4, -0.2) is 43.8 Å². The minimum atomic E-state index is -3.44. The van der Waals surface area contributed by atoms with E-state index in [1.165, 1.54) is 4.90 Å². The van der Waals surface area contributed by atoms with E-state index in [9.17, 15) is 22.8 Å². The number of imide groups is 1. The van der Waals surface area contributed by atoms with Crippen LogP contribution in [0.15, 0.2) is 60.7 Å². The van der Waals surface area contributed by atoms with Crippen molar-refractivity contribution in [1.29, 1.82) is 0 Å². The molecular weight excluding hydrogens is 442 g/mol. The summed E-state index contributed by atoms with van der Waals surface area (Å²) in [6, 6.07) is 17.5. The molecule has 1 aliphatic heterocycles. The molecule has 0 aromatic heterocycles. The van der Waals surface area contributed by atoms with Crippen LogP contribution >= 0.6 is 0 Å². The number of hydrogen-bond acceptors (Lipinski definition) is 5. The number of sulfonamides is 1. The number of para-hydroxylation sites is 1. The van der Waals surface area contributed by atoms with Gasteiger partial charge in [0.05, 0.1) is 11.9 Å². The summed E-state index contributed by atoms with van der Waals surface area (Å²) in [6.45, 7) is 0.274. The van der Waals surface area contributed by atoms with Gasteiger partial charge in [-0.05, 0) is 35.6 Å². The minimum Gasteiger partial charge on any atom is -0.352 e. The molecule has 3 aromatic rings. The maximum Gasteiger partial charge on any atom is 0.261 e. The van der Waals surface area contributed by atoms with Crippen molar-refractivity contribution in [2.24, 2.45) is 0 Å². The molecule has 0 fully saturated rings. The van der Waals surface area contributed by atoms with Crippen LogP contribution in [0.25, 0.3) is 10.8 Å². The van der Waals surface area contributed by atoms with Gasteiger partial charge in [-0.1, -0.05) is 42.5 Å². The molecule has 0 bridgehead atoms. The normalized spacial score (nSPS) is 13.3. The van der Waals surface area contributed by atoms with E-state index in [-0.39, 0.29) is 37.2 Å². The third-order valence-electron chi connectivity index (χ3n) is 5.43. The lowest BCUT2D eigenvalue weighted by atomic mass is 9.94. The van der Waals surface area contributed by atoms with Crippen molar-refractivity contribution in [3.05, 3.63) is 77.4 Å². The van der Waals surface area contributed by atoms with Gasteiger partial charge in [-0.3, -0.25) is 24.0 Å². The van der Waals surface area contributed by atoms with E-state index < -0.39 is 10.0 Å². The Kier molecular flexibility index (Phi) is 6.15. The molecule has 1 aliphatic rings. The highest BCUT2D eigenvalue weighted by atomic mass is 32.2. The van der Waals surface area contributed by atoms with Crippen LogP contribution in [0, 0.1) is 0 Å². The molecule has 0 saturated heterocycles. The number of amides is 3. The van der Waals surface area contributed by atoms with E-state index in [0.29, 0.717) is 34.2 Å². The summed E-state index contributed by atoms with van der Waals surface area (Å²) in [5.74, 6) is -0.973. The third kappa shape index (κ3) is 4.88. The standard InChI is InChI=1S/C24H23N3O5S/c1-33(31,32)26-20-12-3-2-7-17(20)15-25-21(28)13-6-14-27-23(29)18-10-4-8-16-9-5-11-19(22(16)18)24(27)30/h2-5,7-12,26H,6,13-15H2,1H3,(H,25,28). The van der Waals surface area contributed by atoms with Crippen molar-refractivity contribution in [3.63, 3.8) is 0 Å². The van der Waals surface area contributed by atoms with Crippen molar-refractivity contribution in [2.45, 2.75) is 19.4 Å². The minimum absolute atomic E-state index is 0.116. The van der Waals surface area contributed by atoms with Crippen LogP contribution < -0.4 is 10.0 Å². The summed E-state index contributed by atoms with van der Waals surface area (Å²) in [6.07, 6.45) is 1.49. The molecule has 1 heterocycles. The average Bonchev–Trinajstić information content (AvgIpc) is 2.78. The largest absolute Gasteiger partial charge is 0.352 e. The predicted octanol–water partition coefficient (Wildman–Crippen LogP) is 2.90. The number of benzene rings is 3. The second kappa shape index (κ2) is 9.03. The zero-order valence-electron chi connectivity index (χ0n) is 18.0. The lowest BCUT2D eigenvalue weighted by Crippen LogP contribution is -2.41. The van der Waals surface area contributed by atoms with Gasteiger partial charge in [-0.25, -0.2) is 8.42 Å². The molecule has 3 aromatic carbocycles. The molecule has 0 atom stereocenters. The van der Waals surface area contributed by atoms with E-state index in [0.717, 1.165) is 11.6 Å². The first-order valence-corrected chi connectivity index (χ1v) is 12.3. The summed E-state index contributed by atoms with van der Waals surface area (Å²) in [7, 11) is -3.44. The van der Waals surface area contributed by atoms with Crippen molar-refractivity contribution < 1.29 is 22.8 Å². The fraction of sp³-hybridized carbons (Fsp3) is 0.208. The van der Waals surface area contributed by atoms with E-state index in [2.05, 4.69) is 10.0 Å². The molecule has 0 unspecified atom stereocenters. The van der Waals surface area contributed by atoms with Gasteiger partial charge in [0.15, 0.2) is 0 Å². The van der Waals surface area contributed by atoms with Crippen molar-refractivity contribution in [1.82, 2.24) is 10.2 Å². The molecule has 8 nitrogen and oxygen atoms in total. The lowest BCUT2D eigenvalue weighted by molar-refractivity contribution is -0.121. The quantitative estimate of drug-likeness (QED) is 0.497. The monoisotopic (exact) mass is 465 g/mol. The zero-order chi connectivity index (χ0) is 23.6. The average molecular weight is 466 g/mol. The Balaban J connectivity index is 1.35. The molecule has 0 saturated carbocycles. The number of nitrogens with zero attached hydrogens (tertiary/aromatic N) is 1. The first-order chi connectivity index (χ1) is 15.7. The first kappa shape index (κ1) is 22.5. The molecular formula is C24H23N3O5S. The zero-order valence-corrected chi connectivity index (χ0v) is 18.8. The van der Waals surface area contributed by atoms with Gasteiger partial charge in [0, 0.05) is 36.0 Å². The highest BCUT2D eigenvalue weighted by Crippen LogP contribution is 2.30. The van der Waals surface area contributed by atoms with Gasteiger partial charge in [0.1, 0.15) is 0 Å². The number of nitrogens with one attached hydrogen (secondary N) is 2. The van der Waals surface area contributed by atoms with Gasteiger partial charge < -0.3 is 5.32 Å².